The van der Waals surface area contributed by atoms with Crippen molar-refractivity contribution in [3.05, 3.63) is 0 Å². The van der Waals surface area contributed by atoms with Crippen molar-refractivity contribution in [3.8, 4) is 0 Å². The second-order valence-electron chi connectivity index (χ2n) is 6.38. The minimum absolute atomic E-state index is 0. The van der Waals surface area contributed by atoms with E-state index in [1.54, 1.807) is 0 Å². The van der Waals surface area contributed by atoms with Gasteiger partial charge in [-0.05, 0) is 53.0 Å². The highest BCUT2D eigenvalue weighted by Crippen LogP contribution is 2.22. The number of hydrogen-bond acceptors (Lipinski definition) is 3. The zero-order chi connectivity index (χ0) is 14.6. The van der Waals surface area contributed by atoms with Gasteiger partial charge >= 0.3 is 0 Å². The molecule has 0 aliphatic carbocycles. The molecule has 1 rings (SSSR count). The van der Waals surface area contributed by atoms with Gasteiger partial charge in [-0.15, -0.1) is 12.4 Å². The summed E-state index contributed by atoms with van der Waals surface area (Å²) in [7, 11) is 0. The third kappa shape index (κ3) is 4.90. The molecular formula is C15H32ClN3O. The average molecular weight is 306 g/mol. The molecule has 0 radical (unpaired) electrons. The van der Waals surface area contributed by atoms with Crippen LogP contribution in [0.25, 0.3) is 0 Å². The van der Waals surface area contributed by atoms with Crippen LogP contribution in [0.3, 0.4) is 0 Å². The van der Waals surface area contributed by atoms with E-state index in [1.807, 2.05) is 4.90 Å². The van der Waals surface area contributed by atoms with Crippen LogP contribution in [0, 0.1) is 5.92 Å². The summed E-state index contributed by atoms with van der Waals surface area (Å²) in [6.07, 6.45) is 2.40. The highest BCUT2D eigenvalue weighted by atomic mass is 35.5. The monoisotopic (exact) mass is 305 g/mol. The third-order valence-corrected chi connectivity index (χ3v) is 4.21. The Balaban J connectivity index is 0.00000361. The second kappa shape index (κ2) is 8.85. The molecule has 5 heteroatoms. The summed E-state index contributed by atoms with van der Waals surface area (Å²) < 4.78 is 0. The van der Waals surface area contributed by atoms with Crippen LogP contribution >= 0.6 is 12.4 Å². The van der Waals surface area contributed by atoms with Gasteiger partial charge in [0, 0.05) is 24.7 Å². The van der Waals surface area contributed by atoms with Gasteiger partial charge in [-0.2, -0.15) is 0 Å². The molecule has 20 heavy (non-hydrogen) atoms. The van der Waals surface area contributed by atoms with E-state index in [-0.39, 0.29) is 30.4 Å². The summed E-state index contributed by atoms with van der Waals surface area (Å²) in [5.41, 5.74) is 5.89. The van der Waals surface area contributed by atoms with Crippen LogP contribution in [0.1, 0.15) is 47.5 Å². The first-order valence-corrected chi connectivity index (χ1v) is 7.63. The fourth-order valence-electron chi connectivity index (χ4n) is 3.34. The van der Waals surface area contributed by atoms with E-state index < -0.39 is 0 Å². The van der Waals surface area contributed by atoms with Gasteiger partial charge in [-0.25, -0.2) is 0 Å². The Kier molecular flexibility index (Phi) is 8.71. The molecule has 0 saturated carbocycles. The zero-order valence-corrected chi connectivity index (χ0v) is 14.4. The molecule has 0 bridgehead atoms. The zero-order valence-electron chi connectivity index (χ0n) is 13.6. The van der Waals surface area contributed by atoms with E-state index in [0.717, 1.165) is 6.54 Å². The number of likely N-dealkylation sites (tertiary alicyclic amines) is 1. The van der Waals surface area contributed by atoms with E-state index in [2.05, 4.69) is 39.5 Å². The van der Waals surface area contributed by atoms with Crippen molar-refractivity contribution in [2.45, 2.75) is 65.6 Å². The Bertz CT molecular complexity index is 289. The van der Waals surface area contributed by atoms with Crippen LogP contribution in [0.4, 0.5) is 0 Å². The van der Waals surface area contributed by atoms with Gasteiger partial charge < -0.3 is 10.6 Å². The molecule has 1 aliphatic heterocycles. The summed E-state index contributed by atoms with van der Waals surface area (Å²) in [5.74, 6) is 0.829. The van der Waals surface area contributed by atoms with Gasteiger partial charge in [0.2, 0.25) is 5.91 Å². The van der Waals surface area contributed by atoms with Crippen molar-refractivity contribution in [2.24, 2.45) is 11.7 Å². The fraction of sp³-hybridized carbons (Fsp3) is 0.933. The van der Waals surface area contributed by atoms with Crippen molar-refractivity contribution >= 4 is 18.3 Å². The first kappa shape index (κ1) is 19.7. The van der Waals surface area contributed by atoms with E-state index in [0.29, 0.717) is 25.0 Å². The Morgan fingerprint density at radius 1 is 1.30 bits per heavy atom. The van der Waals surface area contributed by atoms with Crippen LogP contribution in [0.15, 0.2) is 0 Å². The predicted molar refractivity (Wildman–Crippen MR) is 87.2 cm³/mol. The molecular weight excluding hydrogens is 274 g/mol. The van der Waals surface area contributed by atoms with Crippen LogP contribution in [0.2, 0.25) is 0 Å². The van der Waals surface area contributed by atoms with Gasteiger partial charge in [0.05, 0.1) is 6.54 Å². The summed E-state index contributed by atoms with van der Waals surface area (Å²) in [4.78, 5) is 16.8. The van der Waals surface area contributed by atoms with Crippen molar-refractivity contribution in [1.82, 2.24) is 9.80 Å². The number of piperidine rings is 1. The molecule has 0 aromatic carbocycles. The van der Waals surface area contributed by atoms with Crippen molar-refractivity contribution in [1.29, 1.82) is 0 Å². The van der Waals surface area contributed by atoms with Crippen molar-refractivity contribution in [3.63, 3.8) is 0 Å². The van der Waals surface area contributed by atoms with Crippen LogP contribution < -0.4 is 5.73 Å². The first-order chi connectivity index (χ1) is 8.88. The number of nitrogens with zero attached hydrogens (tertiary/aromatic N) is 2. The molecule has 0 spiro atoms. The molecule has 1 amide bonds. The van der Waals surface area contributed by atoms with Crippen molar-refractivity contribution in [2.75, 3.05) is 19.6 Å². The normalized spacial score (nSPS) is 23.8. The lowest BCUT2D eigenvalue weighted by molar-refractivity contribution is -0.137. The maximum Gasteiger partial charge on any atom is 0.237 e. The van der Waals surface area contributed by atoms with Gasteiger partial charge in [0.1, 0.15) is 0 Å². The number of rotatable bonds is 5. The number of carbonyl (C=O) groups is 1. The van der Waals surface area contributed by atoms with Gasteiger partial charge in [-0.3, -0.25) is 9.69 Å². The molecule has 0 aromatic rings. The number of amides is 1. The highest BCUT2D eigenvalue weighted by Gasteiger charge is 2.30. The van der Waals surface area contributed by atoms with E-state index in [1.165, 1.54) is 12.8 Å². The Hall–Kier alpha value is -0.320. The van der Waals surface area contributed by atoms with Gasteiger partial charge in [0.15, 0.2) is 0 Å². The molecule has 1 fully saturated rings. The van der Waals surface area contributed by atoms with E-state index >= 15 is 0 Å². The maximum atomic E-state index is 12.5. The summed E-state index contributed by atoms with van der Waals surface area (Å²) >= 11 is 0. The van der Waals surface area contributed by atoms with Crippen LogP contribution in [-0.4, -0.2) is 53.5 Å². The number of carbonyl (C=O) groups excluding carboxylic acids is 1. The topological polar surface area (TPSA) is 49.6 Å². The van der Waals surface area contributed by atoms with Crippen LogP contribution in [0.5, 0.6) is 0 Å². The summed E-state index contributed by atoms with van der Waals surface area (Å²) in [6.45, 7) is 12.7. The minimum atomic E-state index is 0. The number of halogens is 1. The molecule has 2 unspecified atom stereocenters. The standard InChI is InChI=1S/C15H31N3O.ClH/c1-11(2)18(12(3)4)15(19)10-17-8-6-7-13(5)14(17)9-16;/h11-14H,6-10,16H2,1-5H3;1H. The van der Waals surface area contributed by atoms with E-state index in [4.69, 9.17) is 5.73 Å². The van der Waals surface area contributed by atoms with Gasteiger partial charge in [0.25, 0.3) is 0 Å². The third-order valence-electron chi connectivity index (χ3n) is 4.21. The molecule has 2 atom stereocenters. The lowest BCUT2D eigenvalue weighted by atomic mass is 9.91. The average Bonchev–Trinajstić information content (AvgIpc) is 2.27. The highest BCUT2D eigenvalue weighted by molar-refractivity contribution is 5.85. The molecule has 1 saturated heterocycles. The summed E-state index contributed by atoms with van der Waals surface area (Å²) in [6, 6.07) is 0.871. The van der Waals surface area contributed by atoms with E-state index in [9.17, 15) is 4.79 Å². The smallest absolute Gasteiger partial charge is 0.237 e. The molecule has 4 nitrogen and oxygen atoms in total. The predicted octanol–water partition coefficient (Wildman–Crippen LogP) is 2.11. The second-order valence-corrected chi connectivity index (χ2v) is 6.38. The fourth-order valence-corrected chi connectivity index (χ4v) is 3.34. The first-order valence-electron chi connectivity index (χ1n) is 7.63. The Morgan fingerprint density at radius 2 is 1.85 bits per heavy atom. The number of hydrogen-bond donors (Lipinski definition) is 1. The maximum absolute atomic E-state index is 12.5. The lowest BCUT2D eigenvalue weighted by Gasteiger charge is -2.41. The van der Waals surface area contributed by atoms with Gasteiger partial charge in [-0.1, -0.05) is 6.92 Å². The molecule has 2 N–H and O–H groups in total. The molecule has 0 aromatic heterocycles. The Labute approximate surface area is 130 Å². The lowest BCUT2D eigenvalue weighted by Crippen LogP contribution is -2.54. The number of nitrogens with two attached hydrogens (primary N) is 1. The minimum Gasteiger partial charge on any atom is -0.337 e. The SMILES string of the molecule is CC1CCCN(CC(=O)N(C(C)C)C(C)C)C1CN.Cl. The Morgan fingerprint density at radius 3 is 2.30 bits per heavy atom. The van der Waals surface area contributed by atoms with Crippen LogP contribution in [-0.2, 0) is 4.79 Å². The molecule has 1 heterocycles. The summed E-state index contributed by atoms with van der Waals surface area (Å²) in [5, 5.41) is 0. The molecule has 1 aliphatic rings. The quantitative estimate of drug-likeness (QED) is 0.846. The van der Waals surface area contributed by atoms with Crippen molar-refractivity contribution < 1.29 is 4.79 Å². The largest absolute Gasteiger partial charge is 0.337 e. The molecule has 120 valence electrons.